The number of imidazole rings is 1. The maximum Gasteiger partial charge on any atom is 0.147 e. The molecule has 1 aliphatic rings. The van der Waals surface area contributed by atoms with Crippen molar-refractivity contribution >= 4 is 5.82 Å². The number of fused-ring (bicyclic) bond motifs is 1. The predicted molar refractivity (Wildman–Crippen MR) is 81.9 cm³/mol. The van der Waals surface area contributed by atoms with Crippen molar-refractivity contribution in [2.45, 2.75) is 45.9 Å². The van der Waals surface area contributed by atoms with Crippen molar-refractivity contribution in [2.75, 3.05) is 11.4 Å². The Labute approximate surface area is 125 Å². The SMILES string of the molecule is CC(C)(C)NCc1cnc(N2CCn3ccnc3C2)cn1. The van der Waals surface area contributed by atoms with E-state index in [0.717, 1.165) is 43.5 Å². The zero-order valence-corrected chi connectivity index (χ0v) is 12.9. The topological polar surface area (TPSA) is 58.9 Å². The summed E-state index contributed by atoms with van der Waals surface area (Å²) in [4.78, 5) is 15.6. The molecule has 0 bridgehead atoms. The van der Waals surface area contributed by atoms with Gasteiger partial charge in [0.2, 0.25) is 0 Å². The van der Waals surface area contributed by atoms with Crippen LogP contribution in [0.15, 0.2) is 24.8 Å². The molecule has 0 atom stereocenters. The lowest BCUT2D eigenvalue weighted by atomic mass is 10.1. The molecule has 0 aliphatic carbocycles. The van der Waals surface area contributed by atoms with Crippen LogP contribution in [0.5, 0.6) is 0 Å². The normalized spacial score (nSPS) is 15.1. The molecular formula is C15H22N6. The number of aromatic nitrogens is 4. The molecule has 1 N–H and O–H groups in total. The second-order valence-electron chi connectivity index (χ2n) is 6.43. The Bertz CT molecular complexity index is 595. The Kier molecular flexibility index (Phi) is 3.63. The van der Waals surface area contributed by atoms with E-state index in [1.807, 2.05) is 24.8 Å². The summed E-state index contributed by atoms with van der Waals surface area (Å²) in [6, 6.07) is 0. The maximum absolute atomic E-state index is 4.55. The summed E-state index contributed by atoms with van der Waals surface area (Å²) in [7, 11) is 0. The molecule has 3 rings (SSSR count). The fraction of sp³-hybridized carbons (Fsp3) is 0.533. The van der Waals surface area contributed by atoms with E-state index in [9.17, 15) is 0 Å². The monoisotopic (exact) mass is 286 g/mol. The summed E-state index contributed by atoms with van der Waals surface area (Å²) in [6.07, 6.45) is 7.60. The van der Waals surface area contributed by atoms with Crippen LogP contribution in [0, 0.1) is 0 Å². The Hall–Kier alpha value is -1.95. The lowest BCUT2D eigenvalue weighted by Crippen LogP contribution is -2.36. The molecule has 3 heterocycles. The first-order valence-electron chi connectivity index (χ1n) is 7.32. The average Bonchev–Trinajstić information content (AvgIpc) is 2.92. The third-order valence-corrected chi connectivity index (χ3v) is 3.56. The van der Waals surface area contributed by atoms with Crippen molar-refractivity contribution in [3.05, 3.63) is 36.3 Å². The minimum atomic E-state index is 0.0876. The molecule has 0 amide bonds. The second kappa shape index (κ2) is 5.44. The molecule has 112 valence electrons. The first kappa shape index (κ1) is 14.0. The van der Waals surface area contributed by atoms with Gasteiger partial charge in [-0.1, -0.05) is 0 Å². The van der Waals surface area contributed by atoms with Gasteiger partial charge in [-0.25, -0.2) is 9.97 Å². The highest BCUT2D eigenvalue weighted by molar-refractivity contribution is 5.36. The zero-order valence-electron chi connectivity index (χ0n) is 12.9. The minimum Gasteiger partial charge on any atom is -0.346 e. The quantitative estimate of drug-likeness (QED) is 0.928. The van der Waals surface area contributed by atoms with Crippen molar-refractivity contribution in [3.8, 4) is 0 Å². The fourth-order valence-corrected chi connectivity index (χ4v) is 2.33. The van der Waals surface area contributed by atoms with Gasteiger partial charge in [0.05, 0.1) is 24.6 Å². The van der Waals surface area contributed by atoms with Gasteiger partial charge in [-0.3, -0.25) is 4.98 Å². The molecule has 0 fully saturated rings. The van der Waals surface area contributed by atoms with Crippen LogP contribution in [-0.2, 0) is 19.6 Å². The first-order chi connectivity index (χ1) is 10.0. The van der Waals surface area contributed by atoms with E-state index in [1.54, 1.807) is 0 Å². The largest absolute Gasteiger partial charge is 0.346 e. The second-order valence-corrected chi connectivity index (χ2v) is 6.43. The van der Waals surface area contributed by atoms with E-state index in [-0.39, 0.29) is 5.54 Å². The van der Waals surface area contributed by atoms with E-state index in [2.05, 4.69) is 50.5 Å². The molecule has 0 saturated heterocycles. The minimum absolute atomic E-state index is 0.0876. The maximum atomic E-state index is 4.55. The number of nitrogens with zero attached hydrogens (tertiary/aromatic N) is 5. The van der Waals surface area contributed by atoms with Crippen LogP contribution < -0.4 is 10.2 Å². The highest BCUT2D eigenvalue weighted by Gasteiger charge is 2.18. The third kappa shape index (κ3) is 3.39. The molecule has 0 unspecified atom stereocenters. The number of rotatable bonds is 3. The van der Waals surface area contributed by atoms with Crippen molar-refractivity contribution < 1.29 is 0 Å². The van der Waals surface area contributed by atoms with Crippen LogP contribution >= 0.6 is 0 Å². The fourth-order valence-electron chi connectivity index (χ4n) is 2.33. The highest BCUT2D eigenvalue weighted by Crippen LogP contribution is 2.17. The number of anilines is 1. The number of hydrogen-bond acceptors (Lipinski definition) is 5. The smallest absolute Gasteiger partial charge is 0.147 e. The molecule has 1 aliphatic heterocycles. The lowest BCUT2D eigenvalue weighted by molar-refractivity contribution is 0.421. The molecule has 2 aromatic heterocycles. The Morgan fingerprint density at radius 3 is 2.71 bits per heavy atom. The Balaban J connectivity index is 1.65. The predicted octanol–water partition coefficient (Wildman–Crippen LogP) is 1.58. The van der Waals surface area contributed by atoms with Gasteiger partial charge in [0.1, 0.15) is 11.6 Å². The van der Waals surface area contributed by atoms with Gasteiger partial charge in [-0.2, -0.15) is 0 Å². The van der Waals surface area contributed by atoms with Gasteiger partial charge in [0.15, 0.2) is 0 Å². The van der Waals surface area contributed by atoms with Gasteiger partial charge in [0, 0.05) is 37.6 Å². The number of nitrogens with one attached hydrogen (secondary N) is 1. The molecule has 0 radical (unpaired) electrons. The molecule has 2 aromatic rings. The standard InChI is InChI=1S/C15H22N6/c1-15(2,3)19-9-12-8-18-13(10-17-12)21-7-6-20-5-4-16-14(20)11-21/h4-5,8,10,19H,6-7,9,11H2,1-3H3. The number of hydrogen-bond donors (Lipinski definition) is 1. The Morgan fingerprint density at radius 2 is 2.00 bits per heavy atom. The summed E-state index contributed by atoms with van der Waals surface area (Å²) in [5.74, 6) is 2.00. The molecule has 0 saturated carbocycles. The van der Waals surface area contributed by atoms with Gasteiger partial charge in [-0.05, 0) is 20.8 Å². The zero-order chi connectivity index (χ0) is 14.9. The molecule has 6 nitrogen and oxygen atoms in total. The van der Waals surface area contributed by atoms with Crippen LogP contribution in [0.25, 0.3) is 0 Å². The summed E-state index contributed by atoms with van der Waals surface area (Å²) in [5, 5.41) is 3.42. The summed E-state index contributed by atoms with van der Waals surface area (Å²) in [6.45, 7) is 9.85. The van der Waals surface area contributed by atoms with Crippen molar-refractivity contribution in [2.24, 2.45) is 0 Å². The van der Waals surface area contributed by atoms with Crippen LogP contribution in [-0.4, -0.2) is 31.6 Å². The van der Waals surface area contributed by atoms with Crippen LogP contribution in [0.3, 0.4) is 0 Å². The van der Waals surface area contributed by atoms with Crippen molar-refractivity contribution in [1.29, 1.82) is 0 Å². The molecule has 0 spiro atoms. The molecule has 21 heavy (non-hydrogen) atoms. The van der Waals surface area contributed by atoms with Gasteiger partial charge in [-0.15, -0.1) is 0 Å². The molecular weight excluding hydrogens is 264 g/mol. The van der Waals surface area contributed by atoms with Crippen molar-refractivity contribution in [3.63, 3.8) is 0 Å². The van der Waals surface area contributed by atoms with Crippen LogP contribution in [0.2, 0.25) is 0 Å². The van der Waals surface area contributed by atoms with E-state index in [4.69, 9.17) is 0 Å². The summed E-state index contributed by atoms with van der Waals surface area (Å²) < 4.78 is 2.19. The van der Waals surface area contributed by atoms with E-state index >= 15 is 0 Å². The van der Waals surface area contributed by atoms with Gasteiger partial charge >= 0.3 is 0 Å². The van der Waals surface area contributed by atoms with E-state index in [1.165, 1.54) is 0 Å². The van der Waals surface area contributed by atoms with Crippen LogP contribution in [0.4, 0.5) is 5.82 Å². The van der Waals surface area contributed by atoms with Gasteiger partial charge < -0.3 is 14.8 Å². The highest BCUT2D eigenvalue weighted by atomic mass is 15.3. The molecule has 6 heteroatoms. The Morgan fingerprint density at radius 1 is 1.14 bits per heavy atom. The van der Waals surface area contributed by atoms with E-state index < -0.39 is 0 Å². The van der Waals surface area contributed by atoms with E-state index in [0.29, 0.717) is 0 Å². The lowest BCUT2D eigenvalue weighted by Gasteiger charge is -2.28. The average molecular weight is 286 g/mol. The van der Waals surface area contributed by atoms with Crippen LogP contribution in [0.1, 0.15) is 32.3 Å². The van der Waals surface area contributed by atoms with Gasteiger partial charge in [0.25, 0.3) is 0 Å². The third-order valence-electron chi connectivity index (χ3n) is 3.56. The summed E-state index contributed by atoms with van der Waals surface area (Å²) in [5.41, 5.74) is 1.05. The molecule has 0 aromatic carbocycles. The first-order valence-corrected chi connectivity index (χ1v) is 7.32. The van der Waals surface area contributed by atoms with Crippen molar-refractivity contribution in [1.82, 2.24) is 24.8 Å². The summed E-state index contributed by atoms with van der Waals surface area (Å²) >= 11 is 0.